The highest BCUT2D eigenvalue weighted by Gasteiger charge is 2.32. The molecule has 0 radical (unpaired) electrons. The van der Waals surface area contributed by atoms with Crippen molar-refractivity contribution < 1.29 is 5.11 Å². The van der Waals surface area contributed by atoms with Crippen LogP contribution < -0.4 is 0 Å². The van der Waals surface area contributed by atoms with E-state index in [2.05, 4.69) is 34.1 Å². The number of piperazine rings is 1. The van der Waals surface area contributed by atoms with Gasteiger partial charge in [-0.15, -0.1) is 0 Å². The fourth-order valence-corrected chi connectivity index (χ4v) is 3.29. The zero-order valence-electron chi connectivity index (χ0n) is 13.8. The molecule has 2 aromatic rings. The van der Waals surface area contributed by atoms with Crippen LogP contribution in [0.3, 0.4) is 0 Å². The van der Waals surface area contributed by atoms with Crippen molar-refractivity contribution in [2.24, 2.45) is 0 Å². The lowest BCUT2D eigenvalue weighted by Gasteiger charge is -2.42. The van der Waals surface area contributed by atoms with Crippen molar-refractivity contribution in [1.29, 1.82) is 5.26 Å². The third kappa shape index (κ3) is 4.21. The van der Waals surface area contributed by atoms with E-state index in [-0.39, 0.29) is 6.04 Å². The van der Waals surface area contributed by atoms with Crippen LogP contribution in [0, 0.1) is 11.3 Å². The fraction of sp³-hybridized carbons (Fsp3) is 0.350. The van der Waals surface area contributed by atoms with Gasteiger partial charge in [-0.2, -0.15) is 5.26 Å². The first kappa shape index (κ1) is 16.7. The zero-order chi connectivity index (χ0) is 16.8. The summed E-state index contributed by atoms with van der Waals surface area (Å²) in [5.41, 5.74) is 2.48. The molecule has 0 saturated carbocycles. The van der Waals surface area contributed by atoms with Crippen molar-refractivity contribution >= 4 is 0 Å². The highest BCUT2D eigenvalue weighted by Crippen LogP contribution is 2.18. The second kappa shape index (κ2) is 8.07. The Morgan fingerprint density at radius 3 is 2.12 bits per heavy atom. The molecule has 2 unspecified atom stereocenters. The van der Waals surface area contributed by atoms with Gasteiger partial charge in [0.05, 0.1) is 12.1 Å². The van der Waals surface area contributed by atoms with E-state index in [1.807, 2.05) is 42.5 Å². The Kier molecular flexibility index (Phi) is 5.60. The highest BCUT2D eigenvalue weighted by atomic mass is 16.3. The van der Waals surface area contributed by atoms with Gasteiger partial charge in [-0.3, -0.25) is 9.80 Å². The van der Waals surface area contributed by atoms with E-state index in [0.29, 0.717) is 6.54 Å². The van der Waals surface area contributed by atoms with Crippen LogP contribution in [0.25, 0.3) is 0 Å². The third-order valence-corrected chi connectivity index (χ3v) is 4.59. The average Bonchev–Trinajstić information content (AvgIpc) is 2.64. The van der Waals surface area contributed by atoms with Gasteiger partial charge in [0, 0.05) is 32.7 Å². The SMILES string of the molecule is N#CC(O)C1CN(Cc2ccccc2)CCN1Cc1ccccc1. The summed E-state index contributed by atoms with van der Waals surface area (Å²) >= 11 is 0. The summed E-state index contributed by atoms with van der Waals surface area (Å²) in [6.07, 6.45) is -0.965. The molecule has 24 heavy (non-hydrogen) atoms. The molecular weight excluding hydrogens is 298 g/mol. The lowest BCUT2D eigenvalue weighted by molar-refractivity contribution is 0.00788. The molecule has 4 heteroatoms. The topological polar surface area (TPSA) is 50.5 Å². The monoisotopic (exact) mass is 321 g/mol. The Labute approximate surface area is 143 Å². The molecule has 1 heterocycles. The minimum atomic E-state index is -0.965. The standard InChI is InChI=1S/C20H23N3O/c21-13-20(24)19-16-22(14-17-7-3-1-4-8-17)11-12-23(19)15-18-9-5-2-6-10-18/h1-10,19-20,24H,11-12,14-16H2. The number of nitrogens with zero attached hydrogens (tertiary/aromatic N) is 3. The van der Waals surface area contributed by atoms with E-state index < -0.39 is 6.10 Å². The Morgan fingerprint density at radius 1 is 0.958 bits per heavy atom. The highest BCUT2D eigenvalue weighted by molar-refractivity contribution is 5.16. The number of nitriles is 1. The summed E-state index contributed by atoms with van der Waals surface area (Å²) in [6, 6.07) is 22.4. The van der Waals surface area contributed by atoms with Crippen molar-refractivity contribution in [1.82, 2.24) is 9.80 Å². The van der Waals surface area contributed by atoms with Gasteiger partial charge in [0.1, 0.15) is 0 Å². The lowest BCUT2D eigenvalue weighted by Crippen LogP contribution is -2.56. The fourth-order valence-electron chi connectivity index (χ4n) is 3.29. The Hall–Kier alpha value is -2.19. The summed E-state index contributed by atoms with van der Waals surface area (Å²) in [4.78, 5) is 4.55. The quantitative estimate of drug-likeness (QED) is 0.858. The van der Waals surface area contributed by atoms with Crippen LogP contribution in [0.4, 0.5) is 0 Å². The number of rotatable bonds is 5. The number of hydrogen-bond acceptors (Lipinski definition) is 4. The Bertz CT molecular complexity index is 668. The predicted octanol–water partition coefficient (Wildman–Crippen LogP) is 2.26. The van der Waals surface area contributed by atoms with E-state index in [9.17, 15) is 10.4 Å². The molecule has 1 fully saturated rings. The minimum absolute atomic E-state index is 0.160. The number of benzene rings is 2. The van der Waals surface area contributed by atoms with Gasteiger partial charge < -0.3 is 5.11 Å². The third-order valence-electron chi connectivity index (χ3n) is 4.59. The minimum Gasteiger partial charge on any atom is -0.376 e. The predicted molar refractivity (Wildman–Crippen MR) is 94.0 cm³/mol. The molecule has 0 bridgehead atoms. The van der Waals surface area contributed by atoms with Crippen molar-refractivity contribution in [3.63, 3.8) is 0 Å². The number of aliphatic hydroxyl groups excluding tert-OH is 1. The molecule has 2 atom stereocenters. The van der Waals surface area contributed by atoms with Crippen LogP contribution in [0.15, 0.2) is 60.7 Å². The molecule has 0 amide bonds. The van der Waals surface area contributed by atoms with Gasteiger partial charge in [0.2, 0.25) is 0 Å². The van der Waals surface area contributed by atoms with Gasteiger partial charge in [-0.1, -0.05) is 60.7 Å². The zero-order valence-corrected chi connectivity index (χ0v) is 13.8. The molecule has 3 rings (SSSR count). The van der Waals surface area contributed by atoms with E-state index >= 15 is 0 Å². The first-order valence-corrected chi connectivity index (χ1v) is 8.38. The van der Waals surface area contributed by atoms with Crippen molar-refractivity contribution in [2.45, 2.75) is 25.2 Å². The van der Waals surface area contributed by atoms with Crippen LogP contribution in [-0.2, 0) is 13.1 Å². The van der Waals surface area contributed by atoms with Crippen LogP contribution in [0.5, 0.6) is 0 Å². The molecule has 0 aromatic heterocycles. The number of hydrogen-bond donors (Lipinski definition) is 1. The van der Waals surface area contributed by atoms with Gasteiger partial charge in [-0.25, -0.2) is 0 Å². The molecule has 1 saturated heterocycles. The molecular formula is C20H23N3O. The van der Waals surface area contributed by atoms with Gasteiger partial charge in [0.25, 0.3) is 0 Å². The molecule has 1 aliphatic heterocycles. The lowest BCUT2D eigenvalue weighted by atomic mass is 10.0. The molecule has 1 N–H and O–H groups in total. The molecule has 124 valence electrons. The van der Waals surface area contributed by atoms with Gasteiger partial charge >= 0.3 is 0 Å². The molecule has 2 aromatic carbocycles. The maximum atomic E-state index is 10.2. The van der Waals surface area contributed by atoms with Crippen molar-refractivity contribution in [3.8, 4) is 6.07 Å². The van der Waals surface area contributed by atoms with E-state index in [4.69, 9.17) is 0 Å². The second-order valence-corrected chi connectivity index (χ2v) is 6.32. The largest absolute Gasteiger partial charge is 0.376 e. The van der Waals surface area contributed by atoms with E-state index in [1.54, 1.807) is 0 Å². The van der Waals surface area contributed by atoms with Crippen molar-refractivity contribution in [3.05, 3.63) is 71.8 Å². The summed E-state index contributed by atoms with van der Waals surface area (Å²) in [7, 11) is 0. The molecule has 4 nitrogen and oxygen atoms in total. The molecule has 1 aliphatic rings. The molecule has 0 spiro atoms. The van der Waals surface area contributed by atoms with Gasteiger partial charge in [0.15, 0.2) is 6.10 Å². The second-order valence-electron chi connectivity index (χ2n) is 6.32. The van der Waals surface area contributed by atoms with Crippen molar-refractivity contribution in [2.75, 3.05) is 19.6 Å². The number of aliphatic hydroxyl groups is 1. The average molecular weight is 321 g/mol. The van der Waals surface area contributed by atoms with Crippen LogP contribution in [-0.4, -0.2) is 46.7 Å². The summed E-state index contributed by atoms with van der Waals surface area (Å²) in [6.45, 7) is 4.12. The maximum absolute atomic E-state index is 10.2. The van der Waals surface area contributed by atoms with Crippen LogP contribution >= 0.6 is 0 Å². The summed E-state index contributed by atoms with van der Waals surface area (Å²) in [5.74, 6) is 0. The van der Waals surface area contributed by atoms with Crippen LogP contribution in [0.1, 0.15) is 11.1 Å². The molecule has 0 aliphatic carbocycles. The van der Waals surface area contributed by atoms with Gasteiger partial charge in [-0.05, 0) is 11.1 Å². The maximum Gasteiger partial charge on any atom is 0.157 e. The summed E-state index contributed by atoms with van der Waals surface area (Å²) in [5, 5.41) is 19.4. The smallest absolute Gasteiger partial charge is 0.157 e. The van der Waals surface area contributed by atoms with E-state index in [0.717, 1.165) is 26.2 Å². The Balaban J connectivity index is 1.68. The van der Waals surface area contributed by atoms with E-state index in [1.165, 1.54) is 11.1 Å². The normalized spacial score (nSPS) is 20.4. The first-order chi connectivity index (χ1) is 11.8. The first-order valence-electron chi connectivity index (χ1n) is 8.38. The summed E-state index contributed by atoms with van der Waals surface area (Å²) < 4.78 is 0. The Morgan fingerprint density at radius 2 is 1.54 bits per heavy atom. The van der Waals surface area contributed by atoms with Crippen LogP contribution in [0.2, 0.25) is 0 Å².